The van der Waals surface area contributed by atoms with E-state index in [1.54, 1.807) is 18.5 Å². The average molecular weight is 332 g/mol. The van der Waals surface area contributed by atoms with Crippen LogP contribution in [0.3, 0.4) is 0 Å². The predicted octanol–water partition coefficient (Wildman–Crippen LogP) is 2.23. The summed E-state index contributed by atoms with van der Waals surface area (Å²) in [6, 6.07) is 9.48. The summed E-state index contributed by atoms with van der Waals surface area (Å²) in [7, 11) is -3.15. The van der Waals surface area contributed by atoms with Crippen molar-refractivity contribution < 1.29 is 8.42 Å². The minimum Gasteiger partial charge on any atom is -0.369 e. The lowest BCUT2D eigenvalue weighted by atomic mass is 10.1. The number of aromatic nitrogens is 2. The van der Waals surface area contributed by atoms with Crippen LogP contribution in [-0.4, -0.2) is 37.2 Å². The molecule has 0 bridgehead atoms. The molecule has 122 valence electrons. The van der Waals surface area contributed by atoms with Crippen molar-refractivity contribution in [2.75, 3.05) is 28.5 Å². The van der Waals surface area contributed by atoms with Crippen LogP contribution < -0.4 is 9.62 Å². The highest BCUT2D eigenvalue weighted by Crippen LogP contribution is 2.24. The van der Waals surface area contributed by atoms with Crippen LogP contribution in [0, 0.1) is 0 Å². The molecular formula is C16H20N4O2S. The Hall–Kier alpha value is -2.15. The summed E-state index contributed by atoms with van der Waals surface area (Å²) in [6.45, 7) is 3.35. The Morgan fingerprint density at radius 3 is 2.74 bits per heavy atom. The first-order valence-electron chi connectivity index (χ1n) is 7.67. The third-order valence-corrected chi connectivity index (χ3v) is 5.79. The van der Waals surface area contributed by atoms with Crippen molar-refractivity contribution in [3.63, 3.8) is 0 Å². The fraction of sp³-hybridized carbons (Fsp3) is 0.375. The first-order valence-corrected chi connectivity index (χ1v) is 9.28. The standard InChI is InChI=1S/C16H20N4O2S/c1-13(15-5-2-3-8-17-15)11-18-16-7-6-14(12-19-16)20-9-4-10-23(20,21)22/h2-3,5-8,12-13H,4,9-11H2,1H3,(H,18,19). The predicted molar refractivity (Wildman–Crippen MR) is 91.1 cm³/mol. The SMILES string of the molecule is CC(CNc1ccc(N2CCCS2(=O)=O)cn1)c1ccccn1. The molecule has 0 spiro atoms. The highest BCUT2D eigenvalue weighted by Gasteiger charge is 2.28. The summed E-state index contributed by atoms with van der Waals surface area (Å²) < 4.78 is 25.2. The van der Waals surface area contributed by atoms with Gasteiger partial charge >= 0.3 is 0 Å². The summed E-state index contributed by atoms with van der Waals surface area (Å²) in [5.74, 6) is 1.21. The maximum absolute atomic E-state index is 11.9. The summed E-state index contributed by atoms with van der Waals surface area (Å²) >= 11 is 0. The van der Waals surface area contributed by atoms with E-state index in [1.807, 2.05) is 24.3 Å². The fourth-order valence-corrected chi connectivity index (χ4v) is 4.15. The third kappa shape index (κ3) is 3.61. The van der Waals surface area contributed by atoms with E-state index in [2.05, 4.69) is 22.2 Å². The number of anilines is 2. The number of rotatable bonds is 5. The highest BCUT2D eigenvalue weighted by molar-refractivity contribution is 7.93. The van der Waals surface area contributed by atoms with Gasteiger partial charge in [-0.1, -0.05) is 13.0 Å². The minimum atomic E-state index is -3.15. The zero-order chi connectivity index (χ0) is 16.3. The van der Waals surface area contributed by atoms with Crippen molar-refractivity contribution >= 4 is 21.5 Å². The normalized spacial score (nSPS) is 17.9. The van der Waals surface area contributed by atoms with E-state index >= 15 is 0 Å². The van der Waals surface area contributed by atoms with Crippen molar-refractivity contribution in [2.45, 2.75) is 19.3 Å². The summed E-state index contributed by atoms with van der Waals surface area (Å²) in [5, 5.41) is 3.26. The molecule has 23 heavy (non-hydrogen) atoms. The van der Waals surface area contributed by atoms with Gasteiger partial charge in [-0.05, 0) is 30.7 Å². The number of hydrogen-bond acceptors (Lipinski definition) is 5. The van der Waals surface area contributed by atoms with Gasteiger partial charge in [0, 0.05) is 30.9 Å². The van der Waals surface area contributed by atoms with Gasteiger partial charge in [0.2, 0.25) is 10.0 Å². The second-order valence-electron chi connectivity index (χ2n) is 5.68. The second-order valence-corrected chi connectivity index (χ2v) is 7.69. The number of nitrogens with one attached hydrogen (secondary N) is 1. The quantitative estimate of drug-likeness (QED) is 0.909. The topological polar surface area (TPSA) is 75.2 Å². The molecule has 0 aromatic carbocycles. The summed E-state index contributed by atoms with van der Waals surface area (Å²) in [6.07, 6.45) is 4.07. The largest absolute Gasteiger partial charge is 0.369 e. The van der Waals surface area contributed by atoms with Gasteiger partial charge in [0.05, 0.1) is 17.6 Å². The van der Waals surface area contributed by atoms with Crippen molar-refractivity contribution in [3.8, 4) is 0 Å². The monoisotopic (exact) mass is 332 g/mol. The Morgan fingerprint density at radius 2 is 2.13 bits per heavy atom. The Bertz CT molecular complexity index is 747. The lowest BCUT2D eigenvalue weighted by Gasteiger charge is -2.17. The zero-order valence-electron chi connectivity index (χ0n) is 13.0. The molecule has 6 nitrogen and oxygen atoms in total. The number of sulfonamides is 1. The molecule has 2 aromatic heterocycles. The van der Waals surface area contributed by atoms with E-state index in [4.69, 9.17) is 0 Å². The number of pyridine rings is 2. The van der Waals surface area contributed by atoms with Crippen molar-refractivity contribution in [2.24, 2.45) is 0 Å². The van der Waals surface area contributed by atoms with Crippen LogP contribution in [0.4, 0.5) is 11.5 Å². The molecule has 1 saturated heterocycles. The first kappa shape index (κ1) is 15.7. The Morgan fingerprint density at radius 1 is 1.26 bits per heavy atom. The van der Waals surface area contributed by atoms with Gasteiger partial charge in [-0.3, -0.25) is 9.29 Å². The molecular weight excluding hydrogens is 312 g/mol. The van der Waals surface area contributed by atoms with Crippen LogP contribution in [0.25, 0.3) is 0 Å². The maximum atomic E-state index is 11.9. The third-order valence-electron chi connectivity index (χ3n) is 3.92. The Labute approximate surface area is 136 Å². The van der Waals surface area contributed by atoms with Gasteiger partial charge < -0.3 is 5.32 Å². The molecule has 0 aliphatic carbocycles. The number of hydrogen-bond donors (Lipinski definition) is 1. The van der Waals surface area contributed by atoms with Gasteiger partial charge in [-0.25, -0.2) is 13.4 Å². The molecule has 1 unspecified atom stereocenters. The second kappa shape index (κ2) is 6.54. The molecule has 0 amide bonds. The smallest absolute Gasteiger partial charge is 0.235 e. The molecule has 1 N–H and O–H groups in total. The molecule has 7 heteroatoms. The average Bonchev–Trinajstić information content (AvgIpc) is 2.93. The Balaban J connectivity index is 1.62. The van der Waals surface area contributed by atoms with E-state index < -0.39 is 10.0 Å². The van der Waals surface area contributed by atoms with Gasteiger partial charge in [0.1, 0.15) is 5.82 Å². The minimum absolute atomic E-state index is 0.217. The fourth-order valence-electron chi connectivity index (χ4n) is 2.60. The molecule has 1 aliphatic heterocycles. The van der Waals surface area contributed by atoms with Gasteiger partial charge in [-0.2, -0.15) is 0 Å². The van der Waals surface area contributed by atoms with Crippen molar-refractivity contribution in [1.82, 2.24) is 9.97 Å². The van der Waals surface area contributed by atoms with E-state index in [9.17, 15) is 8.42 Å². The number of nitrogens with zero attached hydrogens (tertiary/aromatic N) is 3. The molecule has 3 heterocycles. The van der Waals surface area contributed by atoms with Crippen LogP contribution in [0.15, 0.2) is 42.7 Å². The zero-order valence-corrected chi connectivity index (χ0v) is 13.8. The molecule has 1 aliphatic rings. The molecule has 1 atom stereocenters. The molecule has 3 rings (SSSR count). The van der Waals surface area contributed by atoms with Crippen LogP contribution >= 0.6 is 0 Å². The van der Waals surface area contributed by atoms with Gasteiger partial charge in [-0.15, -0.1) is 0 Å². The molecule has 0 radical (unpaired) electrons. The van der Waals surface area contributed by atoms with E-state index in [-0.39, 0.29) is 11.7 Å². The van der Waals surface area contributed by atoms with E-state index in [0.717, 1.165) is 11.5 Å². The molecule has 1 fully saturated rings. The summed E-state index contributed by atoms with van der Waals surface area (Å²) in [5.41, 5.74) is 1.66. The molecule has 0 saturated carbocycles. The molecule has 2 aromatic rings. The van der Waals surface area contributed by atoms with E-state index in [0.29, 0.717) is 25.2 Å². The first-order chi connectivity index (χ1) is 11.1. The van der Waals surface area contributed by atoms with Gasteiger partial charge in [0.25, 0.3) is 0 Å². The van der Waals surface area contributed by atoms with Crippen LogP contribution in [0.2, 0.25) is 0 Å². The maximum Gasteiger partial charge on any atom is 0.235 e. The summed E-state index contributed by atoms with van der Waals surface area (Å²) in [4.78, 5) is 8.66. The van der Waals surface area contributed by atoms with Crippen LogP contribution in [0.1, 0.15) is 25.0 Å². The van der Waals surface area contributed by atoms with Crippen LogP contribution in [0.5, 0.6) is 0 Å². The Kier molecular flexibility index (Phi) is 4.47. The lowest BCUT2D eigenvalue weighted by Crippen LogP contribution is -2.25. The highest BCUT2D eigenvalue weighted by atomic mass is 32.2. The van der Waals surface area contributed by atoms with Gasteiger partial charge in [0.15, 0.2) is 0 Å². The van der Waals surface area contributed by atoms with Crippen molar-refractivity contribution in [3.05, 3.63) is 48.4 Å². The lowest BCUT2D eigenvalue weighted by molar-refractivity contribution is 0.599. The van der Waals surface area contributed by atoms with Crippen LogP contribution in [-0.2, 0) is 10.0 Å². The van der Waals surface area contributed by atoms with E-state index in [1.165, 1.54) is 4.31 Å². The van der Waals surface area contributed by atoms with Crippen molar-refractivity contribution in [1.29, 1.82) is 0 Å².